The van der Waals surface area contributed by atoms with E-state index in [9.17, 15) is 8.42 Å². The lowest BCUT2D eigenvalue weighted by atomic mass is 10.1. The van der Waals surface area contributed by atoms with E-state index in [-0.39, 0.29) is 22.2 Å². The number of benzene rings is 2. The van der Waals surface area contributed by atoms with Gasteiger partial charge in [0.1, 0.15) is 0 Å². The van der Waals surface area contributed by atoms with Gasteiger partial charge >= 0.3 is 0 Å². The maximum absolute atomic E-state index is 12.2. The van der Waals surface area contributed by atoms with E-state index in [2.05, 4.69) is 4.72 Å². The molecule has 0 aliphatic carbocycles. The summed E-state index contributed by atoms with van der Waals surface area (Å²) in [5, 5.41) is 9.20. The fraction of sp³-hybridized carbons (Fsp3) is 0.0714. The van der Waals surface area contributed by atoms with Crippen LogP contribution in [0.4, 0.5) is 11.4 Å². The van der Waals surface area contributed by atoms with Crippen molar-refractivity contribution in [2.75, 3.05) is 10.5 Å². The summed E-state index contributed by atoms with van der Waals surface area (Å²) in [5.41, 5.74) is 6.83. The van der Waals surface area contributed by atoms with Gasteiger partial charge in [-0.15, -0.1) is 0 Å². The van der Waals surface area contributed by atoms with E-state index >= 15 is 0 Å². The zero-order valence-corrected chi connectivity index (χ0v) is 12.4. The zero-order valence-electron chi connectivity index (χ0n) is 10.9. The Morgan fingerprint density at radius 3 is 2.57 bits per heavy atom. The van der Waals surface area contributed by atoms with Crippen LogP contribution in [0.15, 0.2) is 42.5 Å². The van der Waals surface area contributed by atoms with Gasteiger partial charge in [-0.2, -0.15) is 5.26 Å². The van der Waals surface area contributed by atoms with Crippen LogP contribution in [0.25, 0.3) is 0 Å². The summed E-state index contributed by atoms with van der Waals surface area (Å²) in [6.45, 7) is 0. The van der Waals surface area contributed by atoms with Crippen LogP contribution in [0.2, 0.25) is 5.02 Å². The van der Waals surface area contributed by atoms with E-state index in [0.717, 1.165) is 0 Å². The molecule has 108 valence electrons. The van der Waals surface area contributed by atoms with Gasteiger partial charge in [0.25, 0.3) is 0 Å². The summed E-state index contributed by atoms with van der Waals surface area (Å²) in [5.74, 6) is -0.332. The number of para-hydroxylation sites is 1. The minimum atomic E-state index is -3.73. The Balaban J connectivity index is 2.30. The lowest BCUT2D eigenvalue weighted by Gasteiger charge is -2.12. The SMILES string of the molecule is N#Cc1ccccc1CS(=O)(=O)Nc1c(N)cccc1Cl. The molecule has 0 amide bonds. The number of hydrogen-bond acceptors (Lipinski definition) is 4. The molecule has 7 heteroatoms. The second-order valence-electron chi connectivity index (χ2n) is 4.33. The molecule has 2 aromatic rings. The first-order valence-electron chi connectivity index (χ1n) is 5.95. The number of rotatable bonds is 4. The van der Waals surface area contributed by atoms with Crippen molar-refractivity contribution in [1.82, 2.24) is 0 Å². The summed E-state index contributed by atoms with van der Waals surface area (Å²) >= 11 is 5.94. The molecule has 2 rings (SSSR count). The molecule has 0 saturated carbocycles. The first-order chi connectivity index (χ1) is 9.93. The minimum Gasteiger partial charge on any atom is -0.397 e. The first-order valence-corrected chi connectivity index (χ1v) is 7.98. The number of nitriles is 1. The van der Waals surface area contributed by atoms with Crippen LogP contribution < -0.4 is 10.5 Å². The van der Waals surface area contributed by atoms with E-state index in [1.54, 1.807) is 42.5 Å². The Hall–Kier alpha value is -2.23. The number of sulfonamides is 1. The van der Waals surface area contributed by atoms with E-state index < -0.39 is 10.0 Å². The van der Waals surface area contributed by atoms with Gasteiger partial charge in [-0.25, -0.2) is 8.42 Å². The van der Waals surface area contributed by atoms with Gasteiger partial charge < -0.3 is 5.73 Å². The zero-order chi connectivity index (χ0) is 15.5. The highest BCUT2D eigenvalue weighted by molar-refractivity contribution is 7.92. The highest BCUT2D eigenvalue weighted by Crippen LogP contribution is 2.29. The largest absolute Gasteiger partial charge is 0.397 e. The molecule has 0 saturated heterocycles. The Morgan fingerprint density at radius 2 is 1.90 bits per heavy atom. The first kappa shape index (κ1) is 15.2. The molecule has 0 radical (unpaired) electrons. The molecule has 0 aromatic heterocycles. The monoisotopic (exact) mass is 321 g/mol. The molecule has 21 heavy (non-hydrogen) atoms. The van der Waals surface area contributed by atoms with E-state index in [4.69, 9.17) is 22.6 Å². The molecule has 0 fully saturated rings. The summed E-state index contributed by atoms with van der Waals surface area (Å²) in [4.78, 5) is 0. The average Bonchev–Trinajstić information content (AvgIpc) is 2.43. The van der Waals surface area contributed by atoms with Gasteiger partial charge in [-0.1, -0.05) is 35.9 Å². The molecule has 0 unspecified atom stereocenters. The Labute approximate surface area is 128 Å². The molecular formula is C14H12ClN3O2S. The lowest BCUT2D eigenvalue weighted by Crippen LogP contribution is -2.17. The van der Waals surface area contributed by atoms with E-state index in [1.807, 2.05) is 6.07 Å². The van der Waals surface area contributed by atoms with Crippen molar-refractivity contribution in [2.45, 2.75) is 5.75 Å². The quantitative estimate of drug-likeness (QED) is 0.846. The van der Waals surface area contributed by atoms with E-state index in [1.165, 1.54) is 0 Å². The summed E-state index contributed by atoms with van der Waals surface area (Å²) in [7, 11) is -3.73. The van der Waals surface area contributed by atoms with Gasteiger partial charge in [0.2, 0.25) is 10.0 Å². The molecule has 0 spiro atoms. The third-order valence-electron chi connectivity index (χ3n) is 2.79. The van der Waals surface area contributed by atoms with Crippen LogP contribution in [-0.4, -0.2) is 8.42 Å². The number of halogens is 1. The fourth-order valence-corrected chi connectivity index (χ4v) is 3.36. The second kappa shape index (κ2) is 6.04. The van der Waals surface area contributed by atoms with Crippen molar-refractivity contribution in [3.8, 4) is 6.07 Å². The summed E-state index contributed by atoms with van der Waals surface area (Å²) in [6, 6.07) is 13.2. The highest BCUT2D eigenvalue weighted by Gasteiger charge is 2.17. The lowest BCUT2D eigenvalue weighted by molar-refractivity contribution is 0.600. The third kappa shape index (κ3) is 3.66. The smallest absolute Gasteiger partial charge is 0.237 e. The van der Waals surface area contributed by atoms with Crippen LogP contribution in [-0.2, 0) is 15.8 Å². The van der Waals surface area contributed by atoms with Gasteiger partial charge in [-0.3, -0.25) is 4.72 Å². The van der Waals surface area contributed by atoms with Crippen LogP contribution in [0.3, 0.4) is 0 Å². The fourth-order valence-electron chi connectivity index (χ4n) is 1.80. The molecule has 3 N–H and O–H groups in total. The Bertz CT molecular complexity index is 793. The number of nitrogens with zero attached hydrogens (tertiary/aromatic N) is 1. The molecule has 0 aliphatic rings. The summed E-state index contributed by atoms with van der Waals surface area (Å²) in [6.07, 6.45) is 0. The van der Waals surface area contributed by atoms with Crippen molar-refractivity contribution < 1.29 is 8.42 Å². The predicted molar refractivity (Wildman–Crippen MR) is 83.3 cm³/mol. The molecule has 2 aromatic carbocycles. The number of hydrogen-bond donors (Lipinski definition) is 2. The Kier molecular flexibility index (Phi) is 4.36. The van der Waals surface area contributed by atoms with Crippen molar-refractivity contribution in [2.24, 2.45) is 0 Å². The van der Waals surface area contributed by atoms with Gasteiger partial charge in [-0.05, 0) is 23.8 Å². The standard InChI is InChI=1S/C14H12ClN3O2S/c15-12-6-3-7-13(17)14(12)18-21(19,20)9-11-5-2-1-4-10(11)8-16/h1-7,18H,9,17H2. The van der Waals surface area contributed by atoms with Gasteiger partial charge in [0, 0.05) is 0 Å². The average molecular weight is 322 g/mol. The van der Waals surface area contributed by atoms with Crippen LogP contribution in [0.5, 0.6) is 0 Å². The van der Waals surface area contributed by atoms with Crippen molar-refractivity contribution in [3.63, 3.8) is 0 Å². The Morgan fingerprint density at radius 1 is 1.19 bits per heavy atom. The topological polar surface area (TPSA) is 96.0 Å². The minimum absolute atomic E-state index is 0.147. The molecule has 0 bridgehead atoms. The third-order valence-corrected chi connectivity index (χ3v) is 4.31. The maximum atomic E-state index is 12.2. The molecule has 0 atom stereocenters. The van der Waals surface area contributed by atoms with Crippen LogP contribution in [0, 0.1) is 11.3 Å². The van der Waals surface area contributed by atoms with Crippen molar-refractivity contribution in [3.05, 3.63) is 58.6 Å². The van der Waals surface area contributed by atoms with Crippen molar-refractivity contribution >= 4 is 33.0 Å². The van der Waals surface area contributed by atoms with Gasteiger partial charge in [0.15, 0.2) is 0 Å². The predicted octanol–water partition coefficient (Wildman–Crippen LogP) is 2.74. The molecular weight excluding hydrogens is 310 g/mol. The van der Waals surface area contributed by atoms with E-state index in [0.29, 0.717) is 11.1 Å². The second-order valence-corrected chi connectivity index (χ2v) is 6.46. The van der Waals surface area contributed by atoms with Gasteiger partial charge in [0.05, 0.1) is 33.8 Å². The number of anilines is 2. The normalized spacial score (nSPS) is 10.9. The number of nitrogen functional groups attached to an aromatic ring is 1. The van der Waals surface area contributed by atoms with Crippen LogP contribution in [0.1, 0.15) is 11.1 Å². The molecule has 0 aliphatic heterocycles. The molecule has 0 heterocycles. The maximum Gasteiger partial charge on any atom is 0.237 e. The summed E-state index contributed by atoms with van der Waals surface area (Å²) < 4.78 is 26.8. The number of nitrogens with two attached hydrogens (primary N) is 1. The van der Waals surface area contributed by atoms with Crippen LogP contribution >= 0.6 is 11.6 Å². The number of nitrogens with one attached hydrogen (secondary N) is 1. The highest BCUT2D eigenvalue weighted by atomic mass is 35.5. The molecule has 5 nitrogen and oxygen atoms in total. The van der Waals surface area contributed by atoms with Crippen molar-refractivity contribution in [1.29, 1.82) is 5.26 Å².